The van der Waals surface area contributed by atoms with E-state index in [9.17, 15) is 4.79 Å². The van der Waals surface area contributed by atoms with Gasteiger partial charge >= 0.3 is 0 Å². The largest absolute Gasteiger partial charge is 0.377 e. The van der Waals surface area contributed by atoms with Crippen LogP contribution in [0.25, 0.3) is 0 Å². The summed E-state index contributed by atoms with van der Waals surface area (Å²) in [7, 11) is 0. The van der Waals surface area contributed by atoms with E-state index < -0.39 is 0 Å². The van der Waals surface area contributed by atoms with Crippen LogP contribution in [-0.4, -0.2) is 36.6 Å². The van der Waals surface area contributed by atoms with Crippen LogP contribution >= 0.6 is 11.3 Å². The first-order valence-corrected chi connectivity index (χ1v) is 6.83. The van der Waals surface area contributed by atoms with E-state index in [2.05, 4.69) is 16.8 Å². The quantitative estimate of drug-likeness (QED) is 0.868. The van der Waals surface area contributed by atoms with Gasteiger partial charge in [0.2, 0.25) is 5.91 Å². The number of nitrogens with zero attached hydrogens (tertiary/aromatic N) is 1. The summed E-state index contributed by atoms with van der Waals surface area (Å²) in [5.74, 6) is 0.146. The van der Waals surface area contributed by atoms with E-state index in [1.807, 2.05) is 24.1 Å². The molecule has 17 heavy (non-hydrogen) atoms. The normalized spacial score (nSPS) is 22.1. The van der Waals surface area contributed by atoms with Crippen molar-refractivity contribution in [2.45, 2.75) is 26.1 Å². The van der Waals surface area contributed by atoms with Crippen LogP contribution < -0.4 is 5.32 Å². The van der Waals surface area contributed by atoms with Crippen molar-refractivity contribution < 1.29 is 9.53 Å². The maximum Gasteiger partial charge on any atom is 0.238 e. The summed E-state index contributed by atoms with van der Waals surface area (Å²) in [5.41, 5.74) is 1.16. The van der Waals surface area contributed by atoms with Crippen LogP contribution in [-0.2, 0) is 9.53 Å². The predicted molar refractivity (Wildman–Crippen MR) is 67.9 cm³/mol. The zero-order valence-electron chi connectivity index (χ0n) is 10.2. The Morgan fingerprint density at radius 3 is 3.18 bits per heavy atom. The van der Waals surface area contributed by atoms with Crippen molar-refractivity contribution in [2.75, 3.05) is 19.7 Å². The minimum atomic E-state index is 0.0108. The second kappa shape index (κ2) is 5.62. The maximum atomic E-state index is 11.8. The molecule has 0 bridgehead atoms. The van der Waals surface area contributed by atoms with Gasteiger partial charge in [-0.05, 0) is 36.2 Å². The van der Waals surface area contributed by atoms with Gasteiger partial charge in [-0.25, -0.2) is 0 Å². The molecule has 0 saturated carbocycles. The Hall–Kier alpha value is -0.910. The van der Waals surface area contributed by atoms with Crippen molar-refractivity contribution in [1.82, 2.24) is 10.2 Å². The van der Waals surface area contributed by atoms with E-state index in [-0.39, 0.29) is 18.2 Å². The van der Waals surface area contributed by atoms with Gasteiger partial charge in [0.1, 0.15) is 6.17 Å². The lowest BCUT2D eigenvalue weighted by Crippen LogP contribution is -2.36. The van der Waals surface area contributed by atoms with Crippen LogP contribution in [0, 0.1) is 0 Å². The Bertz CT molecular complexity index is 367. The summed E-state index contributed by atoms with van der Waals surface area (Å²) in [6.07, 6.45) is 0.0849. The van der Waals surface area contributed by atoms with Gasteiger partial charge in [-0.2, -0.15) is 11.3 Å². The Morgan fingerprint density at radius 2 is 2.53 bits per heavy atom. The molecular weight excluding hydrogens is 236 g/mol. The first-order chi connectivity index (χ1) is 8.22. The molecule has 4 nitrogen and oxygen atoms in total. The topological polar surface area (TPSA) is 41.6 Å². The Kier molecular flexibility index (Phi) is 4.15. The van der Waals surface area contributed by atoms with Gasteiger partial charge in [0.05, 0.1) is 12.6 Å². The molecule has 1 saturated heterocycles. The zero-order valence-corrected chi connectivity index (χ0v) is 11.0. The molecule has 0 aromatic carbocycles. The highest BCUT2D eigenvalue weighted by Crippen LogP contribution is 2.24. The van der Waals surface area contributed by atoms with E-state index in [1.165, 1.54) is 0 Å². The summed E-state index contributed by atoms with van der Waals surface area (Å²) in [6.45, 7) is 5.70. The van der Waals surface area contributed by atoms with Gasteiger partial charge < -0.3 is 9.64 Å². The third-order valence-corrected chi connectivity index (χ3v) is 3.54. The van der Waals surface area contributed by atoms with E-state index in [1.54, 1.807) is 11.3 Å². The summed E-state index contributed by atoms with van der Waals surface area (Å²) < 4.78 is 5.50. The second-order valence-electron chi connectivity index (χ2n) is 4.15. The predicted octanol–water partition coefficient (Wildman–Crippen LogP) is 1.60. The van der Waals surface area contributed by atoms with Gasteiger partial charge in [0, 0.05) is 13.2 Å². The van der Waals surface area contributed by atoms with Crippen LogP contribution in [0.3, 0.4) is 0 Å². The SMILES string of the molecule is CCOC(C)CN1C(=O)CNC1c1ccsc1. The highest BCUT2D eigenvalue weighted by molar-refractivity contribution is 7.07. The third-order valence-electron chi connectivity index (χ3n) is 2.84. The van der Waals surface area contributed by atoms with Crippen molar-refractivity contribution in [2.24, 2.45) is 0 Å². The van der Waals surface area contributed by atoms with Gasteiger partial charge in [0.25, 0.3) is 0 Å². The lowest BCUT2D eigenvalue weighted by atomic mass is 10.2. The molecule has 2 unspecified atom stereocenters. The van der Waals surface area contributed by atoms with Crippen LogP contribution in [0.1, 0.15) is 25.6 Å². The molecule has 0 aliphatic carbocycles. The molecule has 2 heterocycles. The monoisotopic (exact) mass is 254 g/mol. The molecule has 1 aliphatic heterocycles. The minimum absolute atomic E-state index is 0.0108. The number of hydrogen-bond acceptors (Lipinski definition) is 4. The molecular formula is C12H18N2O2S. The average molecular weight is 254 g/mol. The standard InChI is InChI=1S/C12H18N2O2S/c1-3-16-9(2)7-14-11(15)6-13-12(14)10-4-5-17-8-10/h4-5,8-9,12-13H,3,6-7H2,1-2H3. The molecule has 0 spiro atoms. The highest BCUT2D eigenvalue weighted by Gasteiger charge is 2.32. The molecule has 1 N–H and O–H groups in total. The number of thiophene rings is 1. The molecule has 1 aliphatic rings. The molecule has 1 fully saturated rings. The highest BCUT2D eigenvalue weighted by atomic mass is 32.1. The van der Waals surface area contributed by atoms with Crippen molar-refractivity contribution >= 4 is 17.2 Å². The molecule has 1 aromatic rings. The second-order valence-corrected chi connectivity index (χ2v) is 4.93. The smallest absolute Gasteiger partial charge is 0.238 e. The van der Waals surface area contributed by atoms with E-state index >= 15 is 0 Å². The summed E-state index contributed by atoms with van der Waals surface area (Å²) >= 11 is 1.65. The first kappa shape index (κ1) is 12.5. The van der Waals surface area contributed by atoms with Crippen molar-refractivity contribution in [3.63, 3.8) is 0 Å². The number of ether oxygens (including phenoxy) is 1. The fraction of sp³-hybridized carbons (Fsp3) is 0.583. The van der Waals surface area contributed by atoms with Crippen molar-refractivity contribution in [3.8, 4) is 0 Å². The molecule has 1 amide bonds. The molecule has 0 radical (unpaired) electrons. The number of nitrogens with one attached hydrogen (secondary N) is 1. The number of carbonyl (C=O) groups excluding carboxylic acids is 1. The summed E-state index contributed by atoms with van der Waals surface area (Å²) in [4.78, 5) is 13.7. The Balaban J connectivity index is 2.04. The van der Waals surface area contributed by atoms with Crippen LogP contribution in [0.4, 0.5) is 0 Å². The fourth-order valence-corrected chi connectivity index (χ4v) is 2.77. The van der Waals surface area contributed by atoms with Crippen LogP contribution in [0.2, 0.25) is 0 Å². The van der Waals surface area contributed by atoms with E-state index in [0.29, 0.717) is 19.7 Å². The van der Waals surface area contributed by atoms with Gasteiger partial charge in [-0.1, -0.05) is 0 Å². The first-order valence-electron chi connectivity index (χ1n) is 5.89. The van der Waals surface area contributed by atoms with E-state index in [0.717, 1.165) is 5.56 Å². The van der Waals surface area contributed by atoms with Crippen LogP contribution in [0.5, 0.6) is 0 Å². The lowest BCUT2D eigenvalue weighted by Gasteiger charge is -2.26. The zero-order chi connectivity index (χ0) is 12.3. The average Bonchev–Trinajstić information content (AvgIpc) is 2.90. The fourth-order valence-electron chi connectivity index (χ4n) is 2.09. The maximum absolute atomic E-state index is 11.8. The van der Waals surface area contributed by atoms with Gasteiger partial charge in [0.15, 0.2) is 0 Å². The Labute approximate surface area is 106 Å². The molecule has 2 rings (SSSR count). The number of hydrogen-bond donors (Lipinski definition) is 1. The van der Waals surface area contributed by atoms with E-state index in [4.69, 9.17) is 4.74 Å². The van der Waals surface area contributed by atoms with Crippen molar-refractivity contribution in [3.05, 3.63) is 22.4 Å². The number of amides is 1. The molecule has 1 aromatic heterocycles. The molecule has 5 heteroatoms. The molecule has 94 valence electrons. The molecule has 2 atom stereocenters. The minimum Gasteiger partial charge on any atom is -0.377 e. The third kappa shape index (κ3) is 2.86. The van der Waals surface area contributed by atoms with Gasteiger partial charge in [-0.3, -0.25) is 10.1 Å². The Morgan fingerprint density at radius 1 is 1.71 bits per heavy atom. The van der Waals surface area contributed by atoms with Crippen molar-refractivity contribution in [1.29, 1.82) is 0 Å². The van der Waals surface area contributed by atoms with Crippen LogP contribution in [0.15, 0.2) is 16.8 Å². The summed E-state index contributed by atoms with van der Waals surface area (Å²) in [6, 6.07) is 2.05. The summed E-state index contributed by atoms with van der Waals surface area (Å²) in [5, 5.41) is 7.34. The number of rotatable bonds is 5. The van der Waals surface area contributed by atoms with Gasteiger partial charge in [-0.15, -0.1) is 0 Å². The number of carbonyl (C=O) groups is 1. The lowest BCUT2D eigenvalue weighted by molar-refractivity contribution is -0.129.